The van der Waals surface area contributed by atoms with Crippen LogP contribution >= 0.6 is 0 Å². The van der Waals surface area contributed by atoms with Crippen molar-refractivity contribution in [2.24, 2.45) is 5.92 Å². The molecule has 0 N–H and O–H groups in total. The molecule has 2 aliphatic heterocycles. The second-order valence-corrected chi connectivity index (χ2v) is 6.54. The number of benzene rings is 1. The van der Waals surface area contributed by atoms with Gasteiger partial charge in [-0.3, -0.25) is 14.4 Å². The van der Waals surface area contributed by atoms with Crippen LogP contribution in [0.15, 0.2) is 24.3 Å². The first-order valence-electron chi connectivity index (χ1n) is 8.96. The number of ether oxygens (including phenoxy) is 1. The first-order chi connectivity index (χ1) is 12.1. The molecular formula is C19H24N2O4. The van der Waals surface area contributed by atoms with Crippen LogP contribution in [0.25, 0.3) is 0 Å². The first-order valence-corrected chi connectivity index (χ1v) is 8.96. The summed E-state index contributed by atoms with van der Waals surface area (Å²) in [6.45, 7) is 3.88. The fourth-order valence-corrected chi connectivity index (χ4v) is 3.52. The molecule has 0 radical (unpaired) electrons. The van der Waals surface area contributed by atoms with Crippen molar-refractivity contribution in [3.8, 4) is 0 Å². The summed E-state index contributed by atoms with van der Waals surface area (Å²) >= 11 is 0. The van der Waals surface area contributed by atoms with Crippen LogP contribution in [0.1, 0.15) is 43.0 Å². The van der Waals surface area contributed by atoms with Crippen LogP contribution in [0.4, 0.5) is 5.69 Å². The van der Waals surface area contributed by atoms with Crippen LogP contribution < -0.4 is 4.90 Å². The van der Waals surface area contributed by atoms with E-state index in [2.05, 4.69) is 0 Å². The molecule has 6 heteroatoms. The molecule has 0 bridgehead atoms. The fourth-order valence-electron chi connectivity index (χ4n) is 3.52. The van der Waals surface area contributed by atoms with E-state index in [0.29, 0.717) is 38.2 Å². The molecule has 2 aliphatic rings. The summed E-state index contributed by atoms with van der Waals surface area (Å²) in [6, 6.07) is 7.21. The second kappa shape index (κ2) is 7.68. The van der Waals surface area contributed by atoms with E-state index < -0.39 is 0 Å². The summed E-state index contributed by atoms with van der Waals surface area (Å²) in [5.74, 6) is -0.468. The molecule has 1 aromatic rings. The van der Waals surface area contributed by atoms with Gasteiger partial charge < -0.3 is 14.5 Å². The molecule has 0 aromatic heterocycles. The number of rotatable bonds is 4. The Morgan fingerprint density at radius 3 is 2.80 bits per heavy atom. The Hall–Kier alpha value is -2.37. The van der Waals surface area contributed by atoms with Gasteiger partial charge >= 0.3 is 5.97 Å². The lowest BCUT2D eigenvalue weighted by Gasteiger charge is -2.31. The summed E-state index contributed by atoms with van der Waals surface area (Å²) in [6.07, 6.45) is 2.96. The highest BCUT2D eigenvalue weighted by Gasteiger charge is 2.30. The number of anilines is 1. The minimum atomic E-state index is -0.249. The summed E-state index contributed by atoms with van der Waals surface area (Å²) in [7, 11) is 0. The Labute approximate surface area is 147 Å². The van der Waals surface area contributed by atoms with Gasteiger partial charge in [-0.2, -0.15) is 0 Å². The van der Waals surface area contributed by atoms with E-state index in [-0.39, 0.29) is 23.7 Å². The number of esters is 1. The third kappa shape index (κ3) is 3.83. The fraction of sp³-hybridized carbons (Fsp3) is 0.526. The molecule has 1 atom stereocenters. The van der Waals surface area contributed by atoms with Gasteiger partial charge in [0.05, 0.1) is 12.5 Å². The lowest BCUT2D eigenvalue weighted by atomic mass is 9.97. The zero-order chi connectivity index (χ0) is 17.8. The Kier molecular flexibility index (Phi) is 5.36. The Balaban J connectivity index is 1.72. The maximum Gasteiger partial charge on any atom is 0.310 e. The van der Waals surface area contributed by atoms with Gasteiger partial charge in [0.1, 0.15) is 0 Å². The van der Waals surface area contributed by atoms with Gasteiger partial charge in [0.25, 0.3) is 5.91 Å². The van der Waals surface area contributed by atoms with Crippen molar-refractivity contribution in [1.82, 2.24) is 4.90 Å². The SMILES string of the molecule is CCOC(=O)C1CCCN(C(=O)c2cccc(N3CCCC3=O)c2)C1. The molecular weight excluding hydrogens is 320 g/mol. The van der Waals surface area contributed by atoms with Gasteiger partial charge in [-0.05, 0) is 44.4 Å². The topological polar surface area (TPSA) is 66.9 Å². The van der Waals surface area contributed by atoms with Crippen LogP contribution in [0, 0.1) is 5.92 Å². The maximum absolute atomic E-state index is 12.8. The predicted molar refractivity (Wildman–Crippen MR) is 93.3 cm³/mol. The quantitative estimate of drug-likeness (QED) is 0.786. The van der Waals surface area contributed by atoms with Gasteiger partial charge in [-0.15, -0.1) is 0 Å². The third-order valence-electron chi connectivity index (χ3n) is 4.81. The van der Waals surface area contributed by atoms with Gasteiger partial charge in [-0.1, -0.05) is 6.07 Å². The van der Waals surface area contributed by atoms with Crippen LogP contribution in [-0.4, -0.2) is 48.9 Å². The summed E-state index contributed by atoms with van der Waals surface area (Å²) in [5, 5.41) is 0. The number of hydrogen-bond acceptors (Lipinski definition) is 4. The van der Waals surface area contributed by atoms with E-state index in [0.717, 1.165) is 24.9 Å². The van der Waals surface area contributed by atoms with Gasteiger partial charge in [0, 0.05) is 37.3 Å². The predicted octanol–water partition coefficient (Wildman–Crippen LogP) is 2.23. The standard InChI is InChI=1S/C19H24N2O4/c1-2-25-19(24)15-7-4-10-20(13-15)18(23)14-6-3-8-16(12-14)21-11-5-9-17(21)22/h3,6,8,12,15H,2,4-5,7,9-11,13H2,1H3. The molecule has 0 spiro atoms. The van der Waals surface area contributed by atoms with Crippen LogP contribution in [0.3, 0.4) is 0 Å². The summed E-state index contributed by atoms with van der Waals surface area (Å²) in [5.41, 5.74) is 1.33. The molecule has 0 saturated carbocycles. The average molecular weight is 344 g/mol. The van der Waals surface area contributed by atoms with Crippen molar-refractivity contribution in [2.75, 3.05) is 31.1 Å². The van der Waals surface area contributed by atoms with Crippen molar-refractivity contribution >= 4 is 23.5 Å². The Morgan fingerprint density at radius 2 is 2.08 bits per heavy atom. The molecule has 2 saturated heterocycles. The molecule has 2 amide bonds. The highest BCUT2D eigenvalue weighted by atomic mass is 16.5. The highest BCUT2D eigenvalue weighted by molar-refractivity contribution is 5.99. The molecule has 0 aliphatic carbocycles. The molecule has 6 nitrogen and oxygen atoms in total. The molecule has 2 fully saturated rings. The number of carbonyl (C=O) groups excluding carboxylic acids is 3. The largest absolute Gasteiger partial charge is 0.466 e. The van der Waals surface area contributed by atoms with E-state index in [9.17, 15) is 14.4 Å². The number of amides is 2. The number of piperidine rings is 1. The van der Waals surface area contributed by atoms with Crippen LogP contribution in [0.2, 0.25) is 0 Å². The van der Waals surface area contributed by atoms with E-state index in [4.69, 9.17) is 4.74 Å². The molecule has 1 unspecified atom stereocenters. The number of hydrogen-bond donors (Lipinski definition) is 0. The third-order valence-corrected chi connectivity index (χ3v) is 4.81. The van der Waals surface area contributed by atoms with E-state index in [1.54, 1.807) is 34.9 Å². The molecule has 3 rings (SSSR count). The minimum absolute atomic E-state index is 0.0949. The lowest BCUT2D eigenvalue weighted by Crippen LogP contribution is -2.42. The normalized spacial score (nSPS) is 20.7. The average Bonchev–Trinajstić information content (AvgIpc) is 3.07. The number of nitrogens with zero attached hydrogens (tertiary/aromatic N) is 2. The molecule has 25 heavy (non-hydrogen) atoms. The molecule has 2 heterocycles. The minimum Gasteiger partial charge on any atom is -0.466 e. The zero-order valence-corrected chi connectivity index (χ0v) is 14.6. The van der Waals surface area contributed by atoms with Crippen molar-refractivity contribution in [3.05, 3.63) is 29.8 Å². The van der Waals surface area contributed by atoms with E-state index in [1.807, 2.05) is 6.07 Å². The van der Waals surface area contributed by atoms with Gasteiger partial charge in [-0.25, -0.2) is 0 Å². The van der Waals surface area contributed by atoms with Gasteiger partial charge in [0.2, 0.25) is 5.91 Å². The smallest absolute Gasteiger partial charge is 0.310 e. The van der Waals surface area contributed by atoms with E-state index in [1.165, 1.54) is 0 Å². The summed E-state index contributed by atoms with van der Waals surface area (Å²) in [4.78, 5) is 40.2. The maximum atomic E-state index is 12.8. The first kappa shape index (κ1) is 17.5. The second-order valence-electron chi connectivity index (χ2n) is 6.54. The lowest BCUT2D eigenvalue weighted by molar-refractivity contribution is -0.149. The van der Waals surface area contributed by atoms with Gasteiger partial charge in [0.15, 0.2) is 0 Å². The summed E-state index contributed by atoms with van der Waals surface area (Å²) < 4.78 is 5.09. The molecule has 134 valence electrons. The van der Waals surface area contributed by atoms with Crippen LogP contribution in [0.5, 0.6) is 0 Å². The Bertz CT molecular complexity index is 673. The number of likely N-dealkylation sites (tertiary alicyclic amines) is 1. The van der Waals surface area contributed by atoms with E-state index >= 15 is 0 Å². The van der Waals surface area contributed by atoms with Crippen molar-refractivity contribution in [1.29, 1.82) is 0 Å². The zero-order valence-electron chi connectivity index (χ0n) is 14.6. The number of carbonyl (C=O) groups is 3. The monoisotopic (exact) mass is 344 g/mol. The van der Waals surface area contributed by atoms with Crippen molar-refractivity contribution in [3.63, 3.8) is 0 Å². The van der Waals surface area contributed by atoms with Crippen molar-refractivity contribution in [2.45, 2.75) is 32.6 Å². The van der Waals surface area contributed by atoms with Crippen LogP contribution in [-0.2, 0) is 14.3 Å². The van der Waals surface area contributed by atoms with Crippen molar-refractivity contribution < 1.29 is 19.1 Å². The highest BCUT2D eigenvalue weighted by Crippen LogP contribution is 2.24. The molecule has 1 aromatic carbocycles. The Morgan fingerprint density at radius 1 is 1.24 bits per heavy atom.